The van der Waals surface area contributed by atoms with Gasteiger partial charge in [0.2, 0.25) is 0 Å². The van der Waals surface area contributed by atoms with Crippen LogP contribution in [0.15, 0.2) is 12.3 Å². The summed E-state index contributed by atoms with van der Waals surface area (Å²) in [6, 6.07) is 0.898. The van der Waals surface area contributed by atoms with Gasteiger partial charge in [0.05, 0.1) is 0 Å². The van der Waals surface area contributed by atoms with Crippen molar-refractivity contribution in [3.05, 3.63) is 22.8 Å². The molecule has 0 aliphatic rings. The molecule has 0 saturated carbocycles. The van der Waals surface area contributed by atoms with Gasteiger partial charge in [-0.3, -0.25) is 0 Å². The fraction of sp³-hybridized carbons (Fsp3) is 0.250. The van der Waals surface area contributed by atoms with Crippen molar-refractivity contribution >= 4 is 16.5 Å². The van der Waals surface area contributed by atoms with Crippen LogP contribution in [0.3, 0.4) is 0 Å². The summed E-state index contributed by atoms with van der Waals surface area (Å²) >= 11 is 1.21. The first-order valence-electron chi connectivity index (χ1n) is 4.24. The second-order valence-corrected chi connectivity index (χ2v) is 4.31. The van der Waals surface area contributed by atoms with Gasteiger partial charge in [-0.1, -0.05) is 0 Å². The summed E-state index contributed by atoms with van der Waals surface area (Å²) < 4.78 is 38.0. The van der Waals surface area contributed by atoms with Crippen LogP contribution in [0.4, 0.5) is 18.3 Å². The van der Waals surface area contributed by atoms with Gasteiger partial charge in [-0.2, -0.15) is 18.3 Å². The van der Waals surface area contributed by atoms with E-state index in [9.17, 15) is 13.2 Å². The molecular weight excluding hydrogens is 241 g/mol. The third-order valence-electron chi connectivity index (χ3n) is 1.89. The Morgan fingerprint density at radius 1 is 1.44 bits per heavy atom. The van der Waals surface area contributed by atoms with E-state index in [-0.39, 0.29) is 0 Å². The van der Waals surface area contributed by atoms with Crippen molar-refractivity contribution in [2.45, 2.75) is 13.1 Å². The molecule has 0 atom stereocenters. The van der Waals surface area contributed by atoms with Gasteiger partial charge < -0.3 is 5.73 Å². The molecule has 2 N–H and O–H groups in total. The lowest BCUT2D eigenvalue weighted by Crippen LogP contribution is -2.07. The first-order valence-corrected chi connectivity index (χ1v) is 5.06. The molecule has 0 aromatic carbocycles. The number of nitrogens with two attached hydrogens (primary N) is 1. The summed E-state index contributed by atoms with van der Waals surface area (Å²) in [5, 5.41) is 3.71. The van der Waals surface area contributed by atoms with Gasteiger partial charge in [0.1, 0.15) is 0 Å². The van der Waals surface area contributed by atoms with E-state index in [1.165, 1.54) is 17.5 Å². The number of halogens is 3. The fourth-order valence-corrected chi connectivity index (χ4v) is 1.89. The molecule has 0 aliphatic heterocycles. The van der Waals surface area contributed by atoms with E-state index in [0.29, 0.717) is 15.8 Å². The largest absolute Gasteiger partial charge is 0.435 e. The molecule has 0 unspecified atom stereocenters. The molecule has 8 heteroatoms. The second kappa shape index (κ2) is 3.48. The van der Waals surface area contributed by atoms with Gasteiger partial charge in [-0.25, -0.2) is 9.67 Å². The van der Waals surface area contributed by atoms with Gasteiger partial charge >= 0.3 is 6.18 Å². The number of nitrogens with zero attached hydrogens (tertiary/aromatic N) is 3. The van der Waals surface area contributed by atoms with Crippen molar-refractivity contribution in [1.29, 1.82) is 0 Å². The smallest absolute Gasteiger partial charge is 0.375 e. The van der Waals surface area contributed by atoms with E-state index < -0.39 is 11.9 Å². The topological polar surface area (TPSA) is 56.7 Å². The predicted molar refractivity (Wildman–Crippen MR) is 53.4 cm³/mol. The number of thiazole rings is 1. The average molecular weight is 248 g/mol. The van der Waals surface area contributed by atoms with E-state index in [2.05, 4.69) is 10.1 Å². The first kappa shape index (κ1) is 10.9. The van der Waals surface area contributed by atoms with Crippen LogP contribution in [0.2, 0.25) is 0 Å². The Morgan fingerprint density at radius 2 is 2.12 bits per heavy atom. The van der Waals surface area contributed by atoms with E-state index in [1.807, 2.05) is 0 Å². The lowest BCUT2D eigenvalue weighted by Gasteiger charge is -2.01. The molecule has 0 fully saturated rings. The highest BCUT2D eigenvalue weighted by molar-refractivity contribution is 7.15. The number of alkyl halides is 3. The Hall–Kier alpha value is -1.57. The summed E-state index contributed by atoms with van der Waals surface area (Å²) in [7, 11) is 0. The molecule has 0 amide bonds. The van der Waals surface area contributed by atoms with Crippen molar-refractivity contribution in [3.63, 3.8) is 0 Å². The van der Waals surface area contributed by atoms with Crippen molar-refractivity contribution in [2.24, 2.45) is 0 Å². The molecule has 86 valence electrons. The van der Waals surface area contributed by atoms with E-state index >= 15 is 0 Å². The van der Waals surface area contributed by atoms with Crippen LogP contribution < -0.4 is 5.73 Å². The van der Waals surface area contributed by atoms with Crippen LogP contribution in [-0.4, -0.2) is 14.8 Å². The number of aromatic nitrogens is 3. The highest BCUT2D eigenvalue weighted by Gasteiger charge is 2.33. The quantitative estimate of drug-likeness (QED) is 0.842. The number of anilines is 1. The van der Waals surface area contributed by atoms with Gasteiger partial charge in [0, 0.05) is 11.1 Å². The third kappa shape index (κ3) is 1.87. The van der Waals surface area contributed by atoms with Crippen molar-refractivity contribution in [2.75, 3.05) is 5.73 Å². The van der Waals surface area contributed by atoms with Crippen molar-refractivity contribution in [3.8, 4) is 5.82 Å². The normalized spacial score (nSPS) is 12.0. The minimum absolute atomic E-state index is 0.302. The zero-order valence-electron chi connectivity index (χ0n) is 8.12. The molecule has 0 aliphatic carbocycles. The molecule has 2 heterocycles. The summed E-state index contributed by atoms with van der Waals surface area (Å²) in [4.78, 5) is 4.62. The molecule has 0 bridgehead atoms. The Balaban J connectivity index is 2.43. The second-order valence-electron chi connectivity index (χ2n) is 3.08. The monoisotopic (exact) mass is 248 g/mol. The molecular formula is C8H7F3N4S. The Bertz CT molecular complexity index is 514. The van der Waals surface area contributed by atoms with Gasteiger partial charge in [-0.15, -0.1) is 11.3 Å². The summed E-state index contributed by atoms with van der Waals surface area (Å²) in [5.41, 5.74) is 4.51. The SMILES string of the molecule is Cc1sc(N)nc1-n1ccc(C(F)(F)F)n1. The molecule has 16 heavy (non-hydrogen) atoms. The molecule has 0 spiro atoms. The lowest BCUT2D eigenvalue weighted by atomic mass is 10.4. The molecule has 0 radical (unpaired) electrons. The summed E-state index contributed by atoms with van der Waals surface area (Å²) in [5.74, 6) is 0.331. The van der Waals surface area contributed by atoms with Gasteiger partial charge in [-0.05, 0) is 13.0 Å². The first-order chi connectivity index (χ1) is 7.38. The minimum Gasteiger partial charge on any atom is -0.375 e. The number of hydrogen-bond acceptors (Lipinski definition) is 4. The molecule has 0 saturated heterocycles. The molecule has 2 aromatic rings. The number of rotatable bonds is 1. The predicted octanol–water partition coefficient (Wildman–Crippen LogP) is 2.24. The lowest BCUT2D eigenvalue weighted by molar-refractivity contribution is -0.141. The van der Waals surface area contributed by atoms with Crippen LogP contribution in [-0.2, 0) is 6.18 Å². The van der Waals surface area contributed by atoms with E-state index in [1.54, 1.807) is 6.92 Å². The third-order valence-corrected chi connectivity index (χ3v) is 2.67. The van der Waals surface area contributed by atoms with Crippen LogP contribution in [0.5, 0.6) is 0 Å². The number of aryl methyl sites for hydroxylation is 1. The maximum atomic E-state index is 12.3. The molecule has 2 aromatic heterocycles. The number of nitrogen functional groups attached to an aromatic ring is 1. The minimum atomic E-state index is -4.44. The van der Waals surface area contributed by atoms with E-state index in [0.717, 1.165) is 10.7 Å². The zero-order chi connectivity index (χ0) is 11.9. The summed E-state index contributed by atoms with van der Waals surface area (Å²) in [6.45, 7) is 1.72. The average Bonchev–Trinajstić information content (AvgIpc) is 2.70. The van der Waals surface area contributed by atoms with Crippen LogP contribution in [0, 0.1) is 6.92 Å². The maximum Gasteiger partial charge on any atom is 0.435 e. The Morgan fingerprint density at radius 3 is 2.56 bits per heavy atom. The Kier molecular flexibility index (Phi) is 2.38. The maximum absolute atomic E-state index is 12.3. The fourth-order valence-electron chi connectivity index (χ4n) is 1.21. The van der Waals surface area contributed by atoms with Crippen molar-refractivity contribution < 1.29 is 13.2 Å². The zero-order valence-corrected chi connectivity index (χ0v) is 8.93. The number of hydrogen-bond donors (Lipinski definition) is 1. The highest BCUT2D eigenvalue weighted by atomic mass is 32.1. The van der Waals surface area contributed by atoms with Crippen LogP contribution in [0.25, 0.3) is 5.82 Å². The molecule has 2 rings (SSSR count). The van der Waals surface area contributed by atoms with Crippen LogP contribution in [0.1, 0.15) is 10.6 Å². The summed E-state index contributed by atoms with van der Waals surface area (Å²) in [6.07, 6.45) is -3.23. The van der Waals surface area contributed by atoms with Crippen LogP contribution >= 0.6 is 11.3 Å². The molecule has 4 nitrogen and oxygen atoms in total. The Labute approximate surface area is 92.5 Å². The van der Waals surface area contributed by atoms with Gasteiger partial charge in [0.15, 0.2) is 16.6 Å². The van der Waals surface area contributed by atoms with Crippen molar-refractivity contribution in [1.82, 2.24) is 14.8 Å². The highest BCUT2D eigenvalue weighted by Crippen LogP contribution is 2.29. The van der Waals surface area contributed by atoms with E-state index in [4.69, 9.17) is 5.73 Å². The van der Waals surface area contributed by atoms with Gasteiger partial charge in [0.25, 0.3) is 0 Å². The standard InChI is InChI=1S/C8H7F3N4S/c1-4-6(13-7(12)16-4)15-3-2-5(14-15)8(9,10)11/h2-3H,1H3,(H2,12,13).